The van der Waals surface area contributed by atoms with E-state index in [4.69, 9.17) is 0 Å². The van der Waals surface area contributed by atoms with Gasteiger partial charge in [0.05, 0.1) is 0 Å². The van der Waals surface area contributed by atoms with E-state index in [0.29, 0.717) is 5.56 Å². The van der Waals surface area contributed by atoms with Gasteiger partial charge in [0.15, 0.2) is 0 Å². The van der Waals surface area contributed by atoms with Gasteiger partial charge >= 0.3 is 5.97 Å². The van der Waals surface area contributed by atoms with Crippen molar-refractivity contribution in [1.29, 1.82) is 0 Å². The van der Waals surface area contributed by atoms with Crippen LogP contribution in [-0.4, -0.2) is 34.0 Å². The third kappa shape index (κ3) is 2.73. The zero-order valence-electron chi connectivity index (χ0n) is 12.1. The molecule has 1 unspecified atom stereocenters. The number of amides is 1. The van der Waals surface area contributed by atoms with Crippen molar-refractivity contribution in [2.24, 2.45) is 0 Å². The first-order chi connectivity index (χ1) is 10.5. The predicted octanol–water partition coefficient (Wildman–Crippen LogP) is 3.68. The Bertz CT molecular complexity index is 755. The summed E-state index contributed by atoms with van der Waals surface area (Å²) in [6.45, 7) is 1.57. The standard InChI is InChI=1S/C17H16BrNO3/c1-10(17(21)22)19(13-6-7-13)16(20)15-9-12(18)8-11-4-2-3-5-14(11)15/h2-5,8-10,13H,6-7H2,1H3,(H,21,22). The molecule has 3 rings (SSSR count). The molecule has 22 heavy (non-hydrogen) atoms. The summed E-state index contributed by atoms with van der Waals surface area (Å²) in [7, 11) is 0. The van der Waals surface area contributed by atoms with E-state index in [2.05, 4.69) is 15.9 Å². The molecule has 1 fully saturated rings. The van der Waals surface area contributed by atoms with Gasteiger partial charge in [-0.05, 0) is 42.7 Å². The Morgan fingerprint density at radius 1 is 1.27 bits per heavy atom. The average molecular weight is 362 g/mol. The molecule has 0 spiro atoms. The fraction of sp³-hybridized carbons (Fsp3) is 0.294. The van der Waals surface area contributed by atoms with Crippen molar-refractivity contribution in [3.8, 4) is 0 Å². The maximum absolute atomic E-state index is 13.0. The molecule has 4 nitrogen and oxygen atoms in total. The number of carbonyl (C=O) groups is 2. The smallest absolute Gasteiger partial charge is 0.326 e. The fourth-order valence-electron chi connectivity index (χ4n) is 2.72. The quantitative estimate of drug-likeness (QED) is 0.903. The number of carboxylic acids is 1. The van der Waals surface area contributed by atoms with Crippen molar-refractivity contribution in [2.45, 2.75) is 31.8 Å². The molecular formula is C17H16BrNO3. The lowest BCUT2D eigenvalue weighted by Gasteiger charge is -2.27. The second-order valence-corrected chi connectivity index (χ2v) is 6.55. The van der Waals surface area contributed by atoms with E-state index in [9.17, 15) is 14.7 Å². The Morgan fingerprint density at radius 2 is 1.95 bits per heavy atom. The lowest BCUT2D eigenvalue weighted by atomic mass is 10.0. The van der Waals surface area contributed by atoms with Crippen LogP contribution in [0.4, 0.5) is 0 Å². The van der Waals surface area contributed by atoms with Gasteiger partial charge in [0.2, 0.25) is 0 Å². The lowest BCUT2D eigenvalue weighted by molar-refractivity contribution is -0.141. The average Bonchev–Trinajstić information content (AvgIpc) is 3.30. The van der Waals surface area contributed by atoms with Gasteiger partial charge in [-0.15, -0.1) is 0 Å². The van der Waals surface area contributed by atoms with Crippen molar-refractivity contribution in [2.75, 3.05) is 0 Å². The highest BCUT2D eigenvalue weighted by atomic mass is 79.9. The summed E-state index contributed by atoms with van der Waals surface area (Å²) in [6, 6.07) is 10.6. The summed E-state index contributed by atoms with van der Waals surface area (Å²) < 4.78 is 0.813. The van der Waals surface area contributed by atoms with Gasteiger partial charge in [-0.25, -0.2) is 4.79 Å². The number of carboxylic acid groups (broad SMARTS) is 1. The molecule has 0 radical (unpaired) electrons. The van der Waals surface area contributed by atoms with Gasteiger partial charge in [0.1, 0.15) is 6.04 Å². The monoisotopic (exact) mass is 361 g/mol. The Kier molecular flexibility index (Phi) is 3.91. The minimum atomic E-state index is -0.973. The second-order valence-electron chi connectivity index (χ2n) is 5.63. The van der Waals surface area contributed by atoms with E-state index in [1.165, 1.54) is 4.90 Å². The van der Waals surface area contributed by atoms with Gasteiger partial charge in [0, 0.05) is 16.1 Å². The fourth-order valence-corrected chi connectivity index (χ4v) is 3.20. The Balaban J connectivity index is 2.09. The summed E-state index contributed by atoms with van der Waals surface area (Å²) >= 11 is 3.43. The predicted molar refractivity (Wildman–Crippen MR) is 87.9 cm³/mol. The van der Waals surface area contributed by atoms with Crippen LogP contribution in [0.5, 0.6) is 0 Å². The number of rotatable bonds is 4. The first-order valence-corrected chi connectivity index (χ1v) is 8.02. The number of nitrogens with zero attached hydrogens (tertiary/aromatic N) is 1. The molecule has 1 atom stereocenters. The van der Waals surface area contributed by atoms with Crippen LogP contribution in [0.1, 0.15) is 30.1 Å². The van der Waals surface area contributed by atoms with Crippen molar-refractivity contribution >= 4 is 38.6 Å². The summed E-state index contributed by atoms with van der Waals surface area (Å²) in [5.41, 5.74) is 0.546. The largest absolute Gasteiger partial charge is 0.480 e. The zero-order valence-corrected chi connectivity index (χ0v) is 13.7. The minimum Gasteiger partial charge on any atom is -0.480 e. The molecule has 2 aromatic rings. The van der Waals surface area contributed by atoms with Gasteiger partial charge in [0.25, 0.3) is 5.91 Å². The highest BCUT2D eigenvalue weighted by Crippen LogP contribution is 2.33. The van der Waals surface area contributed by atoms with Crippen LogP contribution in [0, 0.1) is 0 Å². The highest BCUT2D eigenvalue weighted by Gasteiger charge is 2.39. The minimum absolute atomic E-state index is 0.0383. The maximum Gasteiger partial charge on any atom is 0.326 e. The molecule has 1 aliphatic carbocycles. The summed E-state index contributed by atoms with van der Waals surface area (Å²) in [5, 5.41) is 11.1. The number of aliphatic carboxylic acids is 1. The molecule has 1 amide bonds. The molecule has 1 saturated carbocycles. The molecule has 0 heterocycles. The van der Waals surface area contributed by atoms with Crippen LogP contribution in [0.2, 0.25) is 0 Å². The topological polar surface area (TPSA) is 57.6 Å². The van der Waals surface area contributed by atoms with Crippen LogP contribution in [0.15, 0.2) is 40.9 Å². The first-order valence-electron chi connectivity index (χ1n) is 7.23. The number of fused-ring (bicyclic) bond motifs is 1. The first kappa shape index (κ1) is 15.0. The lowest BCUT2D eigenvalue weighted by Crippen LogP contribution is -2.44. The van der Waals surface area contributed by atoms with Gasteiger partial charge in [-0.3, -0.25) is 4.79 Å². The van der Waals surface area contributed by atoms with Crippen LogP contribution in [0.25, 0.3) is 10.8 Å². The Hall–Kier alpha value is -1.88. The highest BCUT2D eigenvalue weighted by molar-refractivity contribution is 9.10. The molecule has 2 aromatic carbocycles. The molecule has 0 bridgehead atoms. The van der Waals surface area contributed by atoms with E-state index in [0.717, 1.165) is 28.1 Å². The van der Waals surface area contributed by atoms with Crippen molar-refractivity contribution < 1.29 is 14.7 Å². The third-order valence-corrected chi connectivity index (χ3v) is 4.46. The molecular weight excluding hydrogens is 346 g/mol. The van der Waals surface area contributed by atoms with E-state index in [1.807, 2.05) is 30.3 Å². The van der Waals surface area contributed by atoms with Crippen LogP contribution in [0.3, 0.4) is 0 Å². The van der Waals surface area contributed by atoms with Crippen LogP contribution >= 0.6 is 15.9 Å². The normalized spacial score (nSPS) is 15.5. The van der Waals surface area contributed by atoms with Gasteiger partial charge in [-0.2, -0.15) is 0 Å². The number of benzene rings is 2. The van der Waals surface area contributed by atoms with Gasteiger partial charge < -0.3 is 10.0 Å². The molecule has 1 N–H and O–H groups in total. The van der Waals surface area contributed by atoms with E-state index >= 15 is 0 Å². The molecule has 0 aliphatic heterocycles. The van der Waals surface area contributed by atoms with Crippen LogP contribution < -0.4 is 0 Å². The summed E-state index contributed by atoms with van der Waals surface area (Å²) in [4.78, 5) is 25.8. The molecule has 0 aromatic heterocycles. The van der Waals surface area contributed by atoms with E-state index in [-0.39, 0.29) is 11.9 Å². The second kappa shape index (κ2) is 5.72. The van der Waals surface area contributed by atoms with E-state index in [1.54, 1.807) is 13.0 Å². The van der Waals surface area contributed by atoms with E-state index < -0.39 is 12.0 Å². The molecule has 5 heteroatoms. The summed E-state index contributed by atoms with van der Waals surface area (Å²) in [5.74, 6) is -1.19. The van der Waals surface area contributed by atoms with Crippen LogP contribution in [-0.2, 0) is 4.79 Å². The maximum atomic E-state index is 13.0. The summed E-state index contributed by atoms with van der Waals surface area (Å²) in [6.07, 6.45) is 1.74. The van der Waals surface area contributed by atoms with Crippen molar-refractivity contribution in [3.05, 3.63) is 46.4 Å². The SMILES string of the molecule is CC(C(=O)O)N(C(=O)c1cc(Br)cc2ccccc12)C1CC1. The van der Waals surface area contributed by atoms with Crippen molar-refractivity contribution in [3.63, 3.8) is 0 Å². The number of hydrogen-bond donors (Lipinski definition) is 1. The van der Waals surface area contributed by atoms with Gasteiger partial charge in [-0.1, -0.05) is 40.2 Å². The Labute approximate surface area is 136 Å². The number of carbonyl (C=O) groups excluding carboxylic acids is 1. The number of halogens is 1. The Morgan fingerprint density at radius 3 is 2.59 bits per heavy atom. The van der Waals surface area contributed by atoms with Crippen molar-refractivity contribution in [1.82, 2.24) is 4.90 Å². The molecule has 114 valence electrons. The molecule has 0 saturated heterocycles. The zero-order chi connectivity index (χ0) is 15.9. The third-order valence-electron chi connectivity index (χ3n) is 4.01. The molecule has 1 aliphatic rings. The number of hydrogen-bond acceptors (Lipinski definition) is 2.